The number of piperidine rings is 1. The van der Waals surface area contributed by atoms with Crippen LogP contribution in [0.1, 0.15) is 65.2 Å². The van der Waals surface area contributed by atoms with Gasteiger partial charge >= 0.3 is 0 Å². The van der Waals surface area contributed by atoms with E-state index in [0.29, 0.717) is 12.8 Å². The van der Waals surface area contributed by atoms with Crippen molar-refractivity contribution in [3.05, 3.63) is 0 Å². The summed E-state index contributed by atoms with van der Waals surface area (Å²) in [6, 6.07) is 0. The van der Waals surface area contributed by atoms with Crippen molar-refractivity contribution in [2.24, 2.45) is 21.7 Å². The fraction of sp³-hybridized carbons (Fsp3) is 0.875. The molecule has 1 aliphatic carbocycles. The number of nitrogens with two attached hydrogens (primary N) is 1. The summed E-state index contributed by atoms with van der Waals surface area (Å²) in [5, 5.41) is 12.4. The number of hydrogen-bond acceptors (Lipinski definition) is 3. The molecule has 1 heterocycles. The van der Waals surface area contributed by atoms with E-state index in [1.54, 1.807) is 0 Å². The fourth-order valence-corrected chi connectivity index (χ4v) is 3.91. The highest BCUT2D eigenvalue weighted by Crippen LogP contribution is 2.39. The number of hydrogen-bond donors (Lipinski definition) is 2. The van der Waals surface area contributed by atoms with Gasteiger partial charge < -0.3 is 15.8 Å². The van der Waals surface area contributed by atoms with Crippen LogP contribution >= 0.6 is 0 Å². The third-order valence-electron chi connectivity index (χ3n) is 5.15. The molecule has 2 rings (SSSR count). The van der Waals surface area contributed by atoms with Crippen molar-refractivity contribution in [3.8, 4) is 0 Å². The zero-order valence-corrected chi connectivity index (χ0v) is 13.4. The molecule has 5 heteroatoms. The van der Waals surface area contributed by atoms with Gasteiger partial charge in [0.1, 0.15) is 5.41 Å². The monoisotopic (exact) mass is 295 g/mol. The Balaban J connectivity index is 2.25. The summed E-state index contributed by atoms with van der Waals surface area (Å²) in [5.74, 6) is 0.185. The van der Waals surface area contributed by atoms with E-state index in [2.05, 4.69) is 19.0 Å². The van der Waals surface area contributed by atoms with Crippen LogP contribution in [-0.4, -0.2) is 34.9 Å². The minimum atomic E-state index is -0.779. The van der Waals surface area contributed by atoms with Crippen LogP contribution in [0.3, 0.4) is 0 Å². The van der Waals surface area contributed by atoms with E-state index in [4.69, 9.17) is 5.73 Å². The van der Waals surface area contributed by atoms with Crippen molar-refractivity contribution in [2.45, 2.75) is 65.2 Å². The van der Waals surface area contributed by atoms with Crippen LogP contribution in [0, 0.1) is 10.8 Å². The Morgan fingerprint density at radius 3 is 2.24 bits per heavy atom. The topological polar surface area (TPSA) is 78.9 Å². The average molecular weight is 295 g/mol. The second kappa shape index (κ2) is 6.24. The highest BCUT2D eigenvalue weighted by Gasteiger charge is 2.46. The maximum atomic E-state index is 13.2. The summed E-state index contributed by atoms with van der Waals surface area (Å²) < 4.78 is 0. The third-order valence-corrected chi connectivity index (χ3v) is 5.15. The Hall–Kier alpha value is -1.26. The zero-order valence-electron chi connectivity index (χ0n) is 13.4. The van der Waals surface area contributed by atoms with Gasteiger partial charge in [-0.05, 0) is 31.1 Å². The lowest BCUT2D eigenvalue weighted by atomic mass is 9.76. The average Bonchev–Trinajstić information content (AvgIpc) is 2.71. The Morgan fingerprint density at radius 1 is 1.10 bits per heavy atom. The number of likely N-dealkylation sites (tertiary alicyclic amines) is 1. The van der Waals surface area contributed by atoms with Crippen molar-refractivity contribution < 1.29 is 10.0 Å². The fourth-order valence-electron chi connectivity index (χ4n) is 3.91. The molecule has 0 bridgehead atoms. The molecule has 2 fully saturated rings. The zero-order chi connectivity index (χ0) is 15.5. The molecule has 0 radical (unpaired) electrons. The molecular weight excluding hydrogens is 266 g/mol. The molecule has 1 saturated carbocycles. The van der Waals surface area contributed by atoms with Crippen molar-refractivity contribution in [2.75, 3.05) is 13.1 Å². The number of amides is 1. The molecule has 1 saturated heterocycles. The van der Waals surface area contributed by atoms with Gasteiger partial charge in [-0.15, -0.1) is 0 Å². The molecule has 0 atom stereocenters. The summed E-state index contributed by atoms with van der Waals surface area (Å²) in [6.07, 6.45) is 7.78. The Kier molecular flexibility index (Phi) is 4.79. The summed E-state index contributed by atoms with van der Waals surface area (Å²) in [4.78, 5) is 15.1. The number of rotatable bonds is 2. The predicted octanol–water partition coefficient (Wildman–Crippen LogP) is 2.72. The summed E-state index contributed by atoms with van der Waals surface area (Å²) in [5.41, 5.74) is 5.36. The summed E-state index contributed by atoms with van der Waals surface area (Å²) in [6.45, 7) is 5.97. The normalized spacial score (nSPS) is 26.2. The first-order valence-corrected chi connectivity index (χ1v) is 8.19. The molecule has 3 N–H and O–H groups in total. The number of carbonyl (C=O) groups is 1. The second-order valence-corrected chi connectivity index (χ2v) is 7.48. The molecular formula is C16H29N3O2. The Bertz CT molecular complexity index is 410. The lowest BCUT2D eigenvalue weighted by Gasteiger charge is -2.42. The largest absolute Gasteiger partial charge is 0.409 e. The van der Waals surface area contributed by atoms with Crippen LogP contribution in [0.4, 0.5) is 0 Å². The highest BCUT2D eigenvalue weighted by atomic mass is 16.4. The van der Waals surface area contributed by atoms with Gasteiger partial charge in [-0.1, -0.05) is 44.7 Å². The second-order valence-electron chi connectivity index (χ2n) is 7.48. The van der Waals surface area contributed by atoms with E-state index < -0.39 is 5.41 Å². The van der Waals surface area contributed by atoms with Crippen LogP contribution in [0.25, 0.3) is 0 Å². The van der Waals surface area contributed by atoms with E-state index in [1.807, 2.05) is 4.90 Å². The lowest BCUT2D eigenvalue weighted by molar-refractivity contribution is -0.142. The number of amidine groups is 1. The van der Waals surface area contributed by atoms with Gasteiger partial charge in [-0.25, -0.2) is 0 Å². The highest BCUT2D eigenvalue weighted by molar-refractivity contribution is 6.06. The molecule has 0 aromatic heterocycles. The van der Waals surface area contributed by atoms with Crippen molar-refractivity contribution in [1.82, 2.24) is 4.90 Å². The van der Waals surface area contributed by atoms with E-state index in [-0.39, 0.29) is 17.2 Å². The first-order valence-electron chi connectivity index (χ1n) is 8.19. The maximum absolute atomic E-state index is 13.2. The molecule has 0 unspecified atom stereocenters. The van der Waals surface area contributed by atoms with Gasteiger partial charge in [-0.2, -0.15) is 0 Å². The van der Waals surface area contributed by atoms with E-state index in [1.165, 1.54) is 0 Å². The summed E-state index contributed by atoms with van der Waals surface area (Å²) >= 11 is 0. The third kappa shape index (κ3) is 3.33. The van der Waals surface area contributed by atoms with Crippen molar-refractivity contribution >= 4 is 11.7 Å². The standard InChI is InChI=1S/C16H29N3O2/c1-15(2)8-7-11-19(12-15)14(20)16(13(17)18-21)9-5-3-4-6-10-16/h21H,3-12H2,1-2H3,(H2,17,18). The smallest absolute Gasteiger partial charge is 0.236 e. The molecule has 120 valence electrons. The van der Waals surface area contributed by atoms with Crippen LogP contribution in [0.15, 0.2) is 5.16 Å². The first kappa shape index (κ1) is 16.1. The lowest BCUT2D eigenvalue weighted by Crippen LogP contribution is -2.54. The van der Waals surface area contributed by atoms with Crippen LogP contribution in [0.2, 0.25) is 0 Å². The first-order chi connectivity index (χ1) is 9.91. The molecule has 21 heavy (non-hydrogen) atoms. The van der Waals surface area contributed by atoms with E-state index in [0.717, 1.165) is 51.6 Å². The van der Waals surface area contributed by atoms with Gasteiger partial charge in [0.2, 0.25) is 5.91 Å². The number of carbonyl (C=O) groups excluding carboxylic acids is 1. The van der Waals surface area contributed by atoms with E-state index >= 15 is 0 Å². The van der Waals surface area contributed by atoms with Crippen molar-refractivity contribution in [1.29, 1.82) is 0 Å². The summed E-state index contributed by atoms with van der Waals surface area (Å²) in [7, 11) is 0. The molecule has 5 nitrogen and oxygen atoms in total. The molecule has 2 aliphatic rings. The quantitative estimate of drug-likeness (QED) is 0.270. The Labute approximate surface area is 127 Å². The maximum Gasteiger partial charge on any atom is 0.236 e. The van der Waals surface area contributed by atoms with Crippen LogP contribution < -0.4 is 5.73 Å². The van der Waals surface area contributed by atoms with Gasteiger partial charge in [-0.3, -0.25) is 4.79 Å². The van der Waals surface area contributed by atoms with Crippen LogP contribution in [0.5, 0.6) is 0 Å². The number of nitrogens with zero attached hydrogens (tertiary/aromatic N) is 2. The SMILES string of the molecule is CC1(C)CCCN(C(=O)C2(C(N)=NO)CCCCCC2)C1. The number of oxime groups is 1. The molecule has 1 aliphatic heterocycles. The minimum Gasteiger partial charge on any atom is -0.409 e. The molecule has 0 aromatic carbocycles. The van der Waals surface area contributed by atoms with Gasteiger partial charge in [0.15, 0.2) is 5.84 Å². The van der Waals surface area contributed by atoms with Crippen molar-refractivity contribution in [3.63, 3.8) is 0 Å². The minimum absolute atomic E-state index is 0.0764. The molecule has 1 amide bonds. The Morgan fingerprint density at radius 2 is 1.71 bits per heavy atom. The van der Waals surface area contributed by atoms with Gasteiger partial charge in [0.25, 0.3) is 0 Å². The molecule has 0 aromatic rings. The van der Waals surface area contributed by atoms with Gasteiger partial charge in [0.05, 0.1) is 0 Å². The van der Waals surface area contributed by atoms with Crippen LogP contribution in [-0.2, 0) is 4.79 Å². The molecule has 0 spiro atoms. The van der Waals surface area contributed by atoms with E-state index in [9.17, 15) is 10.0 Å². The van der Waals surface area contributed by atoms with Gasteiger partial charge in [0, 0.05) is 13.1 Å². The predicted molar refractivity (Wildman–Crippen MR) is 83.1 cm³/mol.